The second-order valence-electron chi connectivity index (χ2n) is 8.89. The Morgan fingerprint density at radius 1 is 1.12 bits per heavy atom. The molecule has 0 atom stereocenters. The van der Waals surface area contributed by atoms with Crippen molar-refractivity contribution in [3.63, 3.8) is 0 Å². The summed E-state index contributed by atoms with van der Waals surface area (Å²) in [5, 5.41) is 18.0. The Morgan fingerprint density at radius 3 is 2.75 bits per heavy atom. The zero-order valence-electron chi connectivity index (χ0n) is 18.8. The molecule has 5 rings (SSSR count). The van der Waals surface area contributed by atoms with Gasteiger partial charge in [-0.25, -0.2) is 0 Å². The summed E-state index contributed by atoms with van der Waals surface area (Å²) in [5.74, 6) is 0. The van der Waals surface area contributed by atoms with E-state index in [1.54, 1.807) is 0 Å². The van der Waals surface area contributed by atoms with Gasteiger partial charge in [0.05, 0.1) is 5.52 Å². The molecule has 0 amide bonds. The number of anilines is 1. The van der Waals surface area contributed by atoms with Crippen LogP contribution in [0.2, 0.25) is 0 Å². The van der Waals surface area contributed by atoms with Crippen molar-refractivity contribution in [1.82, 2.24) is 24.9 Å². The Balaban J connectivity index is 1.53. The van der Waals surface area contributed by atoms with Crippen molar-refractivity contribution >= 4 is 39.6 Å². The third-order valence-electron chi connectivity index (χ3n) is 6.71. The highest BCUT2D eigenvalue weighted by atomic mass is 32.1. The molecule has 0 bridgehead atoms. The zero-order valence-corrected chi connectivity index (χ0v) is 19.6. The smallest absolute Gasteiger partial charge is 0.184 e. The number of rotatable bonds is 4. The summed E-state index contributed by atoms with van der Waals surface area (Å²) < 4.78 is 1.85. The molecule has 1 aliphatic carbocycles. The molecule has 164 valence electrons. The fourth-order valence-corrected chi connectivity index (χ4v) is 5.06. The number of fused-ring (bicyclic) bond motifs is 3. The first kappa shape index (κ1) is 20.8. The highest BCUT2D eigenvalue weighted by Gasteiger charge is 2.26. The van der Waals surface area contributed by atoms with Crippen molar-refractivity contribution in [1.29, 1.82) is 0 Å². The minimum absolute atomic E-state index is 0.421. The Hall–Kier alpha value is -3.06. The lowest BCUT2D eigenvalue weighted by Crippen LogP contribution is -2.41. The Kier molecular flexibility index (Phi) is 5.51. The van der Waals surface area contributed by atoms with Gasteiger partial charge in [0.2, 0.25) is 0 Å². The van der Waals surface area contributed by atoms with E-state index < -0.39 is 0 Å². The Bertz CT molecular complexity index is 1300. The maximum atomic E-state index is 5.97. The third-order valence-corrected chi connectivity index (χ3v) is 7.05. The number of nitrogens with zero attached hydrogens (tertiary/aromatic N) is 5. The van der Waals surface area contributed by atoms with Crippen LogP contribution < -0.4 is 5.32 Å². The standard InChI is InChI=1S/C25H28N6S/c1-16-11-12-23-19(13-16)14-20(24-27-28-29-31(23)24)15-30(21-8-4-5-9-21)25(32)26-22-10-6-7-17(2)18(22)3/h6-7,10-14,21H,4-5,8-9,15H2,1-3H3,(H,26,32). The summed E-state index contributed by atoms with van der Waals surface area (Å²) in [6.07, 6.45) is 4.79. The first-order valence-electron chi connectivity index (χ1n) is 11.3. The molecule has 6 nitrogen and oxygen atoms in total. The second kappa shape index (κ2) is 8.47. The van der Waals surface area contributed by atoms with Crippen molar-refractivity contribution in [3.8, 4) is 0 Å². The number of tetrazole rings is 1. The fraction of sp³-hybridized carbons (Fsp3) is 0.360. The van der Waals surface area contributed by atoms with Crippen molar-refractivity contribution in [3.05, 3.63) is 64.7 Å². The van der Waals surface area contributed by atoms with E-state index in [-0.39, 0.29) is 0 Å². The summed E-state index contributed by atoms with van der Waals surface area (Å²) in [5.41, 5.74) is 7.67. The first-order valence-corrected chi connectivity index (χ1v) is 11.7. The van der Waals surface area contributed by atoms with Gasteiger partial charge in [-0.3, -0.25) is 0 Å². The van der Waals surface area contributed by atoms with Crippen LogP contribution in [-0.2, 0) is 6.54 Å². The third kappa shape index (κ3) is 3.81. The van der Waals surface area contributed by atoms with Crippen LogP contribution in [0, 0.1) is 20.8 Å². The van der Waals surface area contributed by atoms with Gasteiger partial charge in [0, 0.05) is 29.2 Å². The summed E-state index contributed by atoms with van der Waals surface area (Å²) in [7, 11) is 0. The van der Waals surface area contributed by atoms with Crippen molar-refractivity contribution in [2.24, 2.45) is 0 Å². The van der Waals surface area contributed by atoms with Gasteiger partial charge in [-0.05, 0) is 91.6 Å². The average Bonchev–Trinajstić information content (AvgIpc) is 3.47. The molecular formula is C25H28N6S. The number of hydrogen-bond donors (Lipinski definition) is 1. The van der Waals surface area contributed by atoms with Crippen LogP contribution in [0.25, 0.3) is 16.6 Å². The lowest BCUT2D eigenvalue weighted by atomic mass is 10.1. The van der Waals surface area contributed by atoms with Crippen LogP contribution in [0.15, 0.2) is 42.5 Å². The molecule has 0 saturated heterocycles. The molecule has 0 aliphatic heterocycles. The normalized spacial score (nSPS) is 14.3. The Labute approximate surface area is 193 Å². The van der Waals surface area contributed by atoms with Gasteiger partial charge >= 0.3 is 0 Å². The van der Waals surface area contributed by atoms with E-state index in [4.69, 9.17) is 12.2 Å². The van der Waals surface area contributed by atoms with Gasteiger partial charge in [-0.2, -0.15) is 4.52 Å². The molecule has 1 saturated carbocycles. The number of hydrogen-bond acceptors (Lipinski definition) is 4. The minimum atomic E-state index is 0.421. The van der Waals surface area contributed by atoms with Crippen LogP contribution >= 0.6 is 12.2 Å². The monoisotopic (exact) mass is 444 g/mol. The van der Waals surface area contributed by atoms with E-state index in [0.717, 1.165) is 45.8 Å². The minimum Gasteiger partial charge on any atom is -0.342 e. The summed E-state index contributed by atoms with van der Waals surface area (Å²) in [6, 6.07) is 15.3. The quantitative estimate of drug-likeness (QED) is 0.429. The average molecular weight is 445 g/mol. The number of pyridine rings is 1. The lowest BCUT2D eigenvalue weighted by Gasteiger charge is -2.32. The van der Waals surface area contributed by atoms with Crippen molar-refractivity contribution < 1.29 is 0 Å². The predicted octanol–water partition coefficient (Wildman–Crippen LogP) is 5.34. The van der Waals surface area contributed by atoms with Gasteiger partial charge in [0.25, 0.3) is 0 Å². The lowest BCUT2D eigenvalue weighted by molar-refractivity contribution is 0.313. The van der Waals surface area contributed by atoms with E-state index in [2.05, 4.69) is 89.0 Å². The number of nitrogens with one attached hydrogen (secondary N) is 1. The van der Waals surface area contributed by atoms with Gasteiger partial charge in [-0.15, -0.1) is 5.10 Å². The number of thiocarbonyl (C=S) groups is 1. The maximum absolute atomic E-state index is 5.97. The molecule has 0 unspecified atom stereocenters. The molecule has 1 N–H and O–H groups in total. The zero-order chi connectivity index (χ0) is 22.2. The molecule has 0 spiro atoms. The van der Waals surface area contributed by atoms with E-state index >= 15 is 0 Å². The van der Waals surface area contributed by atoms with Crippen LogP contribution in [0.3, 0.4) is 0 Å². The highest BCUT2D eigenvalue weighted by Crippen LogP contribution is 2.29. The molecule has 1 fully saturated rings. The van der Waals surface area contributed by atoms with Gasteiger partial charge in [0.15, 0.2) is 10.8 Å². The predicted molar refractivity (Wildman–Crippen MR) is 133 cm³/mol. The van der Waals surface area contributed by atoms with Crippen LogP contribution in [-0.4, -0.2) is 36.1 Å². The van der Waals surface area contributed by atoms with Crippen LogP contribution in [0.1, 0.15) is 47.9 Å². The van der Waals surface area contributed by atoms with Crippen molar-refractivity contribution in [2.45, 2.75) is 59.0 Å². The molecule has 2 aromatic heterocycles. The number of aryl methyl sites for hydroxylation is 2. The van der Waals surface area contributed by atoms with E-state index in [1.165, 1.54) is 29.5 Å². The van der Waals surface area contributed by atoms with Gasteiger partial charge in [-0.1, -0.05) is 36.6 Å². The molecule has 1 aliphatic rings. The van der Waals surface area contributed by atoms with Gasteiger partial charge in [0.1, 0.15) is 0 Å². The SMILES string of the molecule is Cc1ccc2c(c1)cc(CN(C(=S)Nc1cccc(C)c1C)C1CCCC1)c1nnnn12. The van der Waals surface area contributed by atoms with E-state index in [1.807, 2.05) is 4.52 Å². The molecule has 2 heterocycles. The molecule has 0 radical (unpaired) electrons. The van der Waals surface area contributed by atoms with Gasteiger partial charge < -0.3 is 10.2 Å². The second-order valence-corrected chi connectivity index (χ2v) is 9.28. The summed E-state index contributed by atoms with van der Waals surface area (Å²) >= 11 is 5.97. The first-order chi connectivity index (χ1) is 15.5. The number of benzene rings is 2. The summed E-state index contributed by atoms with van der Waals surface area (Å²) in [6.45, 7) is 7.05. The van der Waals surface area contributed by atoms with Crippen molar-refractivity contribution in [2.75, 3.05) is 5.32 Å². The maximum Gasteiger partial charge on any atom is 0.184 e. The molecule has 2 aromatic carbocycles. The molecule has 7 heteroatoms. The topological polar surface area (TPSA) is 58.3 Å². The fourth-order valence-electron chi connectivity index (χ4n) is 4.74. The van der Waals surface area contributed by atoms with E-state index in [9.17, 15) is 0 Å². The summed E-state index contributed by atoms with van der Waals surface area (Å²) in [4.78, 5) is 2.34. The Morgan fingerprint density at radius 2 is 1.94 bits per heavy atom. The largest absolute Gasteiger partial charge is 0.342 e. The molecular weight excluding hydrogens is 416 g/mol. The van der Waals surface area contributed by atoms with Crippen LogP contribution in [0.5, 0.6) is 0 Å². The van der Waals surface area contributed by atoms with Crippen LogP contribution in [0.4, 0.5) is 5.69 Å². The molecule has 4 aromatic rings. The number of aromatic nitrogens is 4. The molecule has 32 heavy (non-hydrogen) atoms. The highest BCUT2D eigenvalue weighted by molar-refractivity contribution is 7.80. The van der Waals surface area contributed by atoms with E-state index in [0.29, 0.717) is 12.6 Å².